The Hall–Kier alpha value is -3.40. The van der Waals surface area contributed by atoms with E-state index in [0.29, 0.717) is 17.9 Å². The molecular weight excluding hydrogens is 455 g/mol. The Morgan fingerprint density at radius 2 is 1.83 bits per heavy atom. The van der Waals surface area contributed by atoms with Gasteiger partial charge in [0, 0.05) is 68.6 Å². The molecule has 0 spiro atoms. The van der Waals surface area contributed by atoms with Crippen LogP contribution < -0.4 is 15.1 Å². The molecule has 0 radical (unpaired) electrons. The van der Waals surface area contributed by atoms with E-state index in [4.69, 9.17) is 0 Å². The molecule has 0 aliphatic carbocycles. The van der Waals surface area contributed by atoms with E-state index in [9.17, 15) is 13.2 Å². The summed E-state index contributed by atoms with van der Waals surface area (Å²) in [7, 11) is 5.80. The minimum atomic E-state index is -4.59. The molecule has 0 unspecified atom stereocenters. The third-order valence-corrected chi connectivity index (χ3v) is 6.85. The molecule has 5 rings (SSSR count). The highest BCUT2D eigenvalue weighted by molar-refractivity contribution is 5.68. The zero-order valence-corrected chi connectivity index (χ0v) is 20.1. The van der Waals surface area contributed by atoms with Gasteiger partial charge in [-0.25, -0.2) is 15.0 Å². The van der Waals surface area contributed by atoms with Crippen molar-refractivity contribution in [3.8, 4) is 11.3 Å². The van der Waals surface area contributed by atoms with Crippen molar-refractivity contribution in [2.24, 2.45) is 0 Å². The van der Waals surface area contributed by atoms with Gasteiger partial charge in [0.05, 0.1) is 5.69 Å². The van der Waals surface area contributed by atoms with E-state index in [1.807, 2.05) is 33.2 Å². The summed E-state index contributed by atoms with van der Waals surface area (Å²) < 4.78 is 41.1. The molecule has 184 valence electrons. The van der Waals surface area contributed by atoms with Gasteiger partial charge in [-0.05, 0) is 56.3 Å². The maximum absolute atomic E-state index is 13.7. The summed E-state index contributed by atoms with van der Waals surface area (Å²) in [5.74, 6) is 0.738. The SMILES string of the molecule is Cc1cc(Nc2ncc(C(F)(F)F)c(-c3ccc(N(C)C)nc3)n2)ccc1N1C[C@@H]2C[C@@H]1CN2C. The second-order valence-corrected chi connectivity index (χ2v) is 9.51. The number of halogens is 3. The highest BCUT2D eigenvalue weighted by Crippen LogP contribution is 2.38. The number of anilines is 4. The Kier molecular flexibility index (Phi) is 5.79. The lowest BCUT2D eigenvalue weighted by Gasteiger charge is -2.34. The topological polar surface area (TPSA) is 60.4 Å². The summed E-state index contributed by atoms with van der Waals surface area (Å²) in [5, 5.41) is 3.08. The third-order valence-electron chi connectivity index (χ3n) is 6.85. The minimum absolute atomic E-state index is 0.0960. The van der Waals surface area contributed by atoms with E-state index in [1.54, 1.807) is 17.0 Å². The average molecular weight is 484 g/mol. The van der Waals surface area contributed by atoms with E-state index >= 15 is 0 Å². The lowest BCUT2D eigenvalue weighted by molar-refractivity contribution is -0.137. The molecule has 10 heteroatoms. The quantitative estimate of drug-likeness (QED) is 0.571. The number of nitrogens with zero attached hydrogens (tertiary/aromatic N) is 6. The Morgan fingerprint density at radius 3 is 2.40 bits per heavy atom. The number of hydrogen-bond donors (Lipinski definition) is 1. The van der Waals surface area contributed by atoms with Crippen LogP contribution in [0.5, 0.6) is 0 Å². The molecule has 1 aromatic carbocycles. The summed E-state index contributed by atoms with van der Waals surface area (Å²) in [6.07, 6.45) is -1.18. The molecule has 2 bridgehead atoms. The number of aromatic nitrogens is 3. The van der Waals surface area contributed by atoms with Gasteiger partial charge in [0.15, 0.2) is 0 Å². The van der Waals surface area contributed by atoms with E-state index in [0.717, 1.165) is 30.5 Å². The highest BCUT2D eigenvalue weighted by Gasteiger charge is 2.41. The number of rotatable bonds is 5. The third kappa shape index (κ3) is 4.50. The van der Waals surface area contributed by atoms with Gasteiger partial charge in [0.2, 0.25) is 5.95 Å². The lowest BCUT2D eigenvalue weighted by atomic mass is 10.1. The normalized spacial score (nSPS) is 19.9. The molecule has 2 aliphatic heterocycles. The number of pyridine rings is 1. The summed E-state index contributed by atoms with van der Waals surface area (Å²) in [5.41, 5.74) is 2.17. The number of benzene rings is 1. The molecule has 0 saturated carbocycles. The number of aryl methyl sites for hydroxylation is 1. The first-order valence-electron chi connectivity index (χ1n) is 11.5. The number of piperazine rings is 1. The van der Waals surface area contributed by atoms with Gasteiger partial charge >= 0.3 is 6.18 Å². The first-order valence-corrected chi connectivity index (χ1v) is 11.5. The Labute approximate surface area is 202 Å². The van der Waals surface area contributed by atoms with Gasteiger partial charge in [-0.15, -0.1) is 0 Å². The number of nitrogens with one attached hydrogen (secondary N) is 1. The molecule has 2 fully saturated rings. The summed E-state index contributed by atoms with van der Waals surface area (Å²) in [6, 6.07) is 10.3. The maximum atomic E-state index is 13.7. The Balaban J connectivity index is 1.41. The number of likely N-dealkylation sites (tertiary alicyclic amines) is 1. The number of hydrogen-bond acceptors (Lipinski definition) is 7. The van der Waals surface area contributed by atoms with Crippen LogP contribution in [0, 0.1) is 6.92 Å². The summed E-state index contributed by atoms with van der Waals surface area (Å²) in [4.78, 5) is 19.1. The second-order valence-electron chi connectivity index (χ2n) is 9.51. The largest absolute Gasteiger partial charge is 0.419 e. The van der Waals surface area contributed by atoms with Crippen LogP contribution in [-0.2, 0) is 6.18 Å². The molecule has 35 heavy (non-hydrogen) atoms. The zero-order valence-electron chi connectivity index (χ0n) is 20.1. The monoisotopic (exact) mass is 483 g/mol. The van der Waals surface area contributed by atoms with Crippen LogP contribution in [0.25, 0.3) is 11.3 Å². The number of likely N-dealkylation sites (N-methyl/N-ethyl adjacent to an activating group) is 1. The van der Waals surface area contributed by atoms with Crippen molar-refractivity contribution >= 4 is 23.1 Å². The molecule has 1 N–H and O–H groups in total. The number of fused-ring (bicyclic) bond motifs is 2. The van der Waals surface area contributed by atoms with Crippen LogP contribution in [0.15, 0.2) is 42.7 Å². The molecular formula is C25H28F3N7. The van der Waals surface area contributed by atoms with Gasteiger partial charge in [0.1, 0.15) is 11.4 Å². The van der Waals surface area contributed by atoms with Crippen molar-refractivity contribution in [2.45, 2.75) is 31.6 Å². The van der Waals surface area contributed by atoms with Gasteiger partial charge in [-0.3, -0.25) is 4.90 Å². The van der Waals surface area contributed by atoms with Crippen molar-refractivity contribution in [3.63, 3.8) is 0 Å². The maximum Gasteiger partial charge on any atom is 0.419 e. The average Bonchev–Trinajstić information content (AvgIpc) is 3.38. The van der Waals surface area contributed by atoms with E-state index in [2.05, 4.69) is 43.2 Å². The molecule has 2 atom stereocenters. The van der Waals surface area contributed by atoms with Gasteiger partial charge in [0.25, 0.3) is 0 Å². The van der Waals surface area contributed by atoms with Crippen LogP contribution in [0.1, 0.15) is 17.5 Å². The van der Waals surface area contributed by atoms with Crippen molar-refractivity contribution in [2.75, 3.05) is 49.3 Å². The molecule has 2 saturated heterocycles. The molecule has 7 nitrogen and oxygen atoms in total. The predicted octanol–water partition coefficient (Wildman–Crippen LogP) is 4.57. The first kappa shape index (κ1) is 23.3. The van der Waals surface area contributed by atoms with Crippen LogP contribution in [0.2, 0.25) is 0 Å². The van der Waals surface area contributed by atoms with Crippen LogP contribution in [-0.4, -0.2) is 66.2 Å². The van der Waals surface area contributed by atoms with Gasteiger partial charge in [-0.2, -0.15) is 13.2 Å². The Bertz CT molecular complexity index is 1220. The Morgan fingerprint density at radius 1 is 1.03 bits per heavy atom. The van der Waals surface area contributed by atoms with Gasteiger partial charge < -0.3 is 15.1 Å². The van der Waals surface area contributed by atoms with Crippen molar-refractivity contribution in [1.29, 1.82) is 0 Å². The minimum Gasteiger partial charge on any atom is -0.365 e. The smallest absolute Gasteiger partial charge is 0.365 e. The zero-order chi connectivity index (χ0) is 24.9. The predicted molar refractivity (Wildman–Crippen MR) is 131 cm³/mol. The van der Waals surface area contributed by atoms with Crippen molar-refractivity contribution in [3.05, 3.63) is 53.9 Å². The van der Waals surface area contributed by atoms with E-state index < -0.39 is 11.7 Å². The fourth-order valence-electron chi connectivity index (χ4n) is 5.01. The standard InChI is InChI=1S/C25H28F3N7/c1-15-9-17(6-7-21(15)35-14-18-10-19(35)13-34(18)4)31-24-30-12-20(25(26,27)28)23(32-24)16-5-8-22(29-11-16)33(2)3/h5-9,11-12,18-19H,10,13-14H2,1-4H3,(H,30,31,32)/t18-,19+/m0/s1. The van der Waals surface area contributed by atoms with Crippen molar-refractivity contribution in [1.82, 2.24) is 19.9 Å². The lowest BCUT2D eigenvalue weighted by Crippen LogP contribution is -2.44. The van der Waals surface area contributed by atoms with Crippen LogP contribution >= 0.6 is 0 Å². The van der Waals surface area contributed by atoms with Crippen LogP contribution in [0.3, 0.4) is 0 Å². The second kappa shape index (κ2) is 8.67. The molecule has 2 aromatic heterocycles. The highest BCUT2D eigenvalue weighted by atomic mass is 19.4. The summed E-state index contributed by atoms with van der Waals surface area (Å²) in [6.45, 7) is 4.13. The molecule has 2 aliphatic rings. The van der Waals surface area contributed by atoms with Crippen molar-refractivity contribution < 1.29 is 13.2 Å². The van der Waals surface area contributed by atoms with Crippen LogP contribution in [0.4, 0.5) is 36.3 Å². The number of alkyl halides is 3. The van der Waals surface area contributed by atoms with E-state index in [1.165, 1.54) is 18.3 Å². The van der Waals surface area contributed by atoms with E-state index in [-0.39, 0.29) is 17.2 Å². The fraction of sp³-hybridized carbons (Fsp3) is 0.400. The first-order chi connectivity index (χ1) is 16.6. The molecule has 0 amide bonds. The fourth-order valence-corrected chi connectivity index (χ4v) is 5.01. The molecule has 4 heterocycles. The van der Waals surface area contributed by atoms with Gasteiger partial charge in [-0.1, -0.05) is 0 Å². The molecule has 3 aromatic rings. The summed E-state index contributed by atoms with van der Waals surface area (Å²) >= 11 is 0.